The highest BCUT2D eigenvalue weighted by Gasteiger charge is 2.21. The fourth-order valence-corrected chi connectivity index (χ4v) is 3.17. The van der Waals surface area contributed by atoms with E-state index >= 15 is 0 Å². The Bertz CT molecular complexity index is 677. The Labute approximate surface area is 122 Å². The Balaban J connectivity index is 2.27. The number of aromatic nitrogens is 1. The molecule has 7 heteroatoms. The van der Waals surface area contributed by atoms with Crippen molar-refractivity contribution < 1.29 is 13.5 Å². The SMILES string of the molecule is O=S(=O)(N[C@H](CO)c1ccccc1)c1ccnc(Cl)c1. The predicted octanol–water partition coefficient (Wildman–Crippen LogP) is 1.75. The van der Waals surface area contributed by atoms with Gasteiger partial charge in [-0.3, -0.25) is 0 Å². The number of aliphatic hydroxyl groups is 1. The van der Waals surface area contributed by atoms with Crippen molar-refractivity contribution in [2.45, 2.75) is 10.9 Å². The first-order valence-electron chi connectivity index (χ1n) is 5.82. The number of nitrogens with one attached hydrogen (secondary N) is 1. The van der Waals surface area contributed by atoms with Crippen molar-refractivity contribution in [1.29, 1.82) is 0 Å². The maximum Gasteiger partial charge on any atom is 0.241 e. The molecule has 2 rings (SSSR count). The van der Waals surface area contributed by atoms with Gasteiger partial charge in [-0.05, 0) is 17.7 Å². The van der Waals surface area contributed by atoms with E-state index in [9.17, 15) is 13.5 Å². The molecule has 0 fully saturated rings. The number of hydrogen-bond acceptors (Lipinski definition) is 4. The van der Waals surface area contributed by atoms with E-state index in [0.717, 1.165) is 0 Å². The van der Waals surface area contributed by atoms with Crippen molar-refractivity contribution in [3.05, 3.63) is 59.4 Å². The van der Waals surface area contributed by atoms with Gasteiger partial charge in [-0.2, -0.15) is 0 Å². The molecular weight excluding hydrogens is 300 g/mol. The third-order valence-electron chi connectivity index (χ3n) is 2.69. The quantitative estimate of drug-likeness (QED) is 0.824. The second kappa shape index (κ2) is 6.32. The van der Waals surface area contributed by atoms with Gasteiger partial charge in [-0.25, -0.2) is 18.1 Å². The fourth-order valence-electron chi connectivity index (χ4n) is 1.70. The molecule has 0 aliphatic rings. The standard InChI is InChI=1S/C13H13ClN2O3S/c14-13-8-11(6-7-15-13)20(18,19)16-12(9-17)10-4-2-1-3-5-10/h1-8,12,16-17H,9H2/t12-/m1/s1. The molecule has 0 aliphatic heterocycles. The molecule has 0 unspecified atom stereocenters. The van der Waals surface area contributed by atoms with E-state index in [0.29, 0.717) is 5.56 Å². The van der Waals surface area contributed by atoms with E-state index in [2.05, 4.69) is 9.71 Å². The lowest BCUT2D eigenvalue weighted by Gasteiger charge is -2.16. The molecule has 0 radical (unpaired) electrons. The molecule has 0 spiro atoms. The highest BCUT2D eigenvalue weighted by molar-refractivity contribution is 7.89. The Morgan fingerprint density at radius 1 is 1.25 bits per heavy atom. The van der Waals surface area contributed by atoms with Gasteiger partial charge in [0, 0.05) is 6.20 Å². The third-order valence-corrected chi connectivity index (χ3v) is 4.37. The van der Waals surface area contributed by atoms with Gasteiger partial charge in [-0.1, -0.05) is 41.9 Å². The number of benzene rings is 1. The summed E-state index contributed by atoms with van der Waals surface area (Å²) in [6.07, 6.45) is 1.31. The summed E-state index contributed by atoms with van der Waals surface area (Å²) in [5.74, 6) is 0. The Hall–Kier alpha value is -1.47. The van der Waals surface area contributed by atoms with E-state index in [1.807, 2.05) is 6.07 Å². The number of pyridine rings is 1. The summed E-state index contributed by atoms with van der Waals surface area (Å²) in [7, 11) is -3.78. The normalized spacial score (nSPS) is 13.1. The smallest absolute Gasteiger partial charge is 0.241 e. The number of nitrogens with zero attached hydrogens (tertiary/aromatic N) is 1. The molecule has 1 aromatic heterocycles. The zero-order valence-corrected chi connectivity index (χ0v) is 12.0. The van der Waals surface area contributed by atoms with Crippen LogP contribution in [0, 0.1) is 0 Å². The molecular formula is C13H13ClN2O3S. The molecule has 0 saturated heterocycles. The van der Waals surface area contributed by atoms with Crippen LogP contribution in [0.4, 0.5) is 0 Å². The Kier molecular flexibility index (Phi) is 4.72. The van der Waals surface area contributed by atoms with Gasteiger partial charge in [0.25, 0.3) is 0 Å². The van der Waals surface area contributed by atoms with Crippen molar-refractivity contribution in [2.75, 3.05) is 6.61 Å². The molecule has 1 atom stereocenters. The van der Waals surface area contributed by atoms with Crippen LogP contribution in [0.15, 0.2) is 53.6 Å². The summed E-state index contributed by atoms with van der Waals surface area (Å²) >= 11 is 5.69. The minimum Gasteiger partial charge on any atom is -0.394 e. The molecule has 106 valence electrons. The fraction of sp³-hybridized carbons (Fsp3) is 0.154. The molecule has 5 nitrogen and oxygen atoms in total. The van der Waals surface area contributed by atoms with Crippen molar-refractivity contribution in [1.82, 2.24) is 9.71 Å². The van der Waals surface area contributed by atoms with Crippen LogP contribution < -0.4 is 4.72 Å². The highest BCUT2D eigenvalue weighted by Crippen LogP contribution is 2.18. The largest absolute Gasteiger partial charge is 0.394 e. The van der Waals surface area contributed by atoms with Crippen LogP contribution in [0.25, 0.3) is 0 Å². The lowest BCUT2D eigenvalue weighted by Crippen LogP contribution is -2.30. The second-order valence-corrected chi connectivity index (χ2v) is 6.18. The van der Waals surface area contributed by atoms with Crippen molar-refractivity contribution >= 4 is 21.6 Å². The molecule has 2 aromatic rings. The van der Waals surface area contributed by atoms with E-state index in [1.165, 1.54) is 18.3 Å². The average Bonchev–Trinajstić information content (AvgIpc) is 2.46. The number of hydrogen-bond donors (Lipinski definition) is 2. The number of halogens is 1. The summed E-state index contributed by atoms with van der Waals surface area (Å²) in [4.78, 5) is 3.74. The maximum atomic E-state index is 12.2. The molecule has 1 heterocycles. The minimum atomic E-state index is -3.78. The zero-order chi connectivity index (χ0) is 14.6. The van der Waals surface area contributed by atoms with Gasteiger partial charge < -0.3 is 5.11 Å². The van der Waals surface area contributed by atoms with Crippen LogP contribution in [0.2, 0.25) is 5.15 Å². The lowest BCUT2D eigenvalue weighted by atomic mass is 10.1. The van der Waals surface area contributed by atoms with Crippen LogP contribution in [-0.2, 0) is 10.0 Å². The van der Waals surface area contributed by atoms with E-state index in [1.54, 1.807) is 24.3 Å². The summed E-state index contributed by atoms with van der Waals surface area (Å²) in [6, 6.07) is 10.7. The molecule has 1 aromatic carbocycles. The number of aliphatic hydroxyl groups excluding tert-OH is 1. The van der Waals surface area contributed by atoms with Crippen LogP contribution in [0.5, 0.6) is 0 Å². The van der Waals surface area contributed by atoms with Gasteiger partial charge >= 0.3 is 0 Å². The number of rotatable bonds is 5. The highest BCUT2D eigenvalue weighted by atomic mass is 35.5. The van der Waals surface area contributed by atoms with Gasteiger partial charge in [0.15, 0.2) is 0 Å². The Morgan fingerprint density at radius 2 is 1.95 bits per heavy atom. The second-order valence-electron chi connectivity index (χ2n) is 4.08. The molecule has 0 saturated carbocycles. The van der Waals surface area contributed by atoms with E-state index in [-0.39, 0.29) is 16.7 Å². The van der Waals surface area contributed by atoms with Gasteiger partial charge in [0.05, 0.1) is 17.5 Å². The first-order valence-corrected chi connectivity index (χ1v) is 7.69. The summed E-state index contributed by atoms with van der Waals surface area (Å²) in [5.41, 5.74) is 0.679. The minimum absolute atomic E-state index is 0.00637. The molecule has 2 N–H and O–H groups in total. The topological polar surface area (TPSA) is 79.3 Å². The van der Waals surface area contributed by atoms with Crippen LogP contribution in [0.1, 0.15) is 11.6 Å². The van der Waals surface area contributed by atoms with Crippen LogP contribution in [0.3, 0.4) is 0 Å². The van der Waals surface area contributed by atoms with Crippen molar-refractivity contribution in [2.24, 2.45) is 0 Å². The van der Waals surface area contributed by atoms with Crippen LogP contribution in [-0.4, -0.2) is 25.1 Å². The van der Waals surface area contributed by atoms with Gasteiger partial charge in [-0.15, -0.1) is 0 Å². The van der Waals surface area contributed by atoms with E-state index < -0.39 is 16.1 Å². The van der Waals surface area contributed by atoms with E-state index in [4.69, 9.17) is 11.6 Å². The van der Waals surface area contributed by atoms with Crippen molar-refractivity contribution in [3.63, 3.8) is 0 Å². The number of sulfonamides is 1. The Morgan fingerprint density at radius 3 is 2.55 bits per heavy atom. The molecule has 20 heavy (non-hydrogen) atoms. The monoisotopic (exact) mass is 312 g/mol. The van der Waals surface area contributed by atoms with Crippen LogP contribution >= 0.6 is 11.6 Å². The van der Waals surface area contributed by atoms with Gasteiger partial charge in [0.1, 0.15) is 5.15 Å². The third kappa shape index (κ3) is 3.55. The molecule has 0 aliphatic carbocycles. The predicted molar refractivity (Wildman–Crippen MR) is 75.8 cm³/mol. The first-order chi connectivity index (χ1) is 9.53. The van der Waals surface area contributed by atoms with Gasteiger partial charge in [0.2, 0.25) is 10.0 Å². The first kappa shape index (κ1) is 14.9. The molecule has 0 amide bonds. The maximum absolute atomic E-state index is 12.2. The summed E-state index contributed by atoms with van der Waals surface area (Å²) in [6.45, 7) is -0.345. The van der Waals surface area contributed by atoms with Crippen molar-refractivity contribution in [3.8, 4) is 0 Å². The lowest BCUT2D eigenvalue weighted by molar-refractivity contribution is 0.259. The average molecular weight is 313 g/mol. The summed E-state index contributed by atoms with van der Waals surface area (Å²) in [5, 5.41) is 9.47. The zero-order valence-electron chi connectivity index (χ0n) is 10.4. The molecule has 0 bridgehead atoms. The summed E-state index contributed by atoms with van der Waals surface area (Å²) < 4.78 is 26.9.